The summed E-state index contributed by atoms with van der Waals surface area (Å²) in [6, 6.07) is 11.6. The molecule has 7 nitrogen and oxygen atoms in total. The Morgan fingerprint density at radius 1 is 1.14 bits per heavy atom. The monoisotopic (exact) mass is 414 g/mol. The number of hydrogen-bond donors (Lipinski definition) is 2. The molecule has 150 valence electrons. The average Bonchev–Trinajstić information content (AvgIpc) is 2.67. The van der Waals surface area contributed by atoms with E-state index in [2.05, 4.69) is 15.6 Å². The van der Waals surface area contributed by atoms with Crippen LogP contribution in [0, 0.1) is 5.82 Å². The van der Waals surface area contributed by atoms with Crippen LogP contribution in [0.5, 0.6) is 0 Å². The van der Waals surface area contributed by atoms with E-state index in [1.54, 1.807) is 38.1 Å². The third-order valence-corrected chi connectivity index (χ3v) is 4.77. The van der Waals surface area contributed by atoms with Crippen molar-refractivity contribution in [2.24, 2.45) is 0 Å². The molecule has 0 spiro atoms. The molecule has 3 aromatic rings. The molecule has 9 heteroatoms. The van der Waals surface area contributed by atoms with Gasteiger partial charge in [-0.1, -0.05) is 23.9 Å². The Bertz CT molecular complexity index is 1110. The van der Waals surface area contributed by atoms with E-state index in [0.717, 1.165) is 11.8 Å². The zero-order valence-electron chi connectivity index (χ0n) is 15.8. The highest BCUT2D eigenvalue weighted by atomic mass is 32.2. The number of nitrogens with one attached hydrogen (secondary N) is 2. The van der Waals surface area contributed by atoms with E-state index < -0.39 is 17.8 Å². The number of rotatable bonds is 5. The summed E-state index contributed by atoms with van der Waals surface area (Å²) in [5, 5.41) is 5.45. The molecule has 2 N–H and O–H groups in total. The summed E-state index contributed by atoms with van der Waals surface area (Å²) in [6.07, 6.45) is 0. The van der Waals surface area contributed by atoms with Crippen LogP contribution in [0.4, 0.5) is 9.18 Å². The fourth-order valence-corrected chi connectivity index (χ4v) is 3.43. The predicted octanol–water partition coefficient (Wildman–Crippen LogP) is 2.85. The first-order valence-corrected chi connectivity index (χ1v) is 9.84. The average molecular weight is 414 g/mol. The number of fused-ring (bicyclic) bond motifs is 1. The van der Waals surface area contributed by atoms with Gasteiger partial charge in [-0.25, -0.2) is 14.2 Å². The second-order valence-electron chi connectivity index (χ2n) is 6.49. The third kappa shape index (κ3) is 5.00. The number of nitrogens with zero attached hydrogens (tertiary/aromatic N) is 2. The summed E-state index contributed by atoms with van der Waals surface area (Å²) >= 11 is 1.01. The topological polar surface area (TPSA) is 93.1 Å². The first-order chi connectivity index (χ1) is 13.8. The number of thioether (sulfide) groups is 1. The van der Waals surface area contributed by atoms with Crippen molar-refractivity contribution < 1.29 is 14.0 Å². The van der Waals surface area contributed by atoms with E-state index in [1.165, 1.54) is 28.8 Å². The SMILES string of the molecule is CC(C)NC(=O)NC(=O)CSc1nc2ccccc2c(=O)n1-c1ccc(F)cc1. The molecule has 0 atom stereocenters. The van der Waals surface area contributed by atoms with Crippen LogP contribution in [-0.4, -0.2) is 33.3 Å². The molecule has 0 bridgehead atoms. The fraction of sp³-hybridized carbons (Fsp3) is 0.200. The second-order valence-corrected chi connectivity index (χ2v) is 7.44. The van der Waals surface area contributed by atoms with E-state index >= 15 is 0 Å². The lowest BCUT2D eigenvalue weighted by Crippen LogP contribution is -2.43. The molecule has 0 saturated heterocycles. The highest BCUT2D eigenvalue weighted by Gasteiger charge is 2.16. The summed E-state index contributed by atoms with van der Waals surface area (Å²) < 4.78 is 14.7. The molecule has 1 aromatic heterocycles. The lowest BCUT2D eigenvalue weighted by Gasteiger charge is -2.13. The molecule has 2 aromatic carbocycles. The minimum absolute atomic E-state index is 0.110. The molecular formula is C20H19FN4O3S. The number of amides is 3. The molecule has 29 heavy (non-hydrogen) atoms. The summed E-state index contributed by atoms with van der Waals surface area (Å²) in [6.45, 7) is 3.55. The molecule has 1 heterocycles. The zero-order valence-corrected chi connectivity index (χ0v) is 16.6. The standard InChI is InChI=1S/C20H19FN4O3S/c1-12(2)22-19(28)24-17(26)11-29-20-23-16-6-4-3-5-15(16)18(27)25(20)14-9-7-13(21)8-10-14/h3-10,12H,11H2,1-2H3,(H2,22,24,26,28). The van der Waals surface area contributed by atoms with Gasteiger partial charge in [-0.05, 0) is 50.2 Å². The summed E-state index contributed by atoms with van der Waals surface area (Å²) in [5.41, 5.74) is 0.578. The summed E-state index contributed by atoms with van der Waals surface area (Å²) in [4.78, 5) is 41.3. The van der Waals surface area contributed by atoms with Gasteiger partial charge in [-0.3, -0.25) is 19.5 Å². The number of hydrogen-bond acceptors (Lipinski definition) is 5. The quantitative estimate of drug-likeness (QED) is 0.495. The normalized spacial score (nSPS) is 10.9. The molecule has 0 aliphatic carbocycles. The van der Waals surface area contributed by atoms with Crippen molar-refractivity contribution in [3.8, 4) is 5.69 Å². The largest absolute Gasteiger partial charge is 0.336 e. The molecule has 0 fully saturated rings. The van der Waals surface area contributed by atoms with Gasteiger partial charge in [0.25, 0.3) is 5.56 Å². The number of carbonyl (C=O) groups excluding carboxylic acids is 2. The van der Waals surface area contributed by atoms with Gasteiger partial charge in [0, 0.05) is 6.04 Å². The Kier molecular flexibility index (Phi) is 6.28. The summed E-state index contributed by atoms with van der Waals surface area (Å²) in [7, 11) is 0. The Hall–Kier alpha value is -3.20. The van der Waals surface area contributed by atoms with Gasteiger partial charge < -0.3 is 5.32 Å². The Morgan fingerprint density at radius 3 is 2.52 bits per heavy atom. The molecule has 0 saturated carbocycles. The van der Waals surface area contributed by atoms with E-state index in [-0.39, 0.29) is 22.5 Å². The van der Waals surface area contributed by atoms with E-state index in [0.29, 0.717) is 16.6 Å². The fourth-order valence-electron chi connectivity index (χ4n) is 2.62. The van der Waals surface area contributed by atoms with Crippen LogP contribution in [-0.2, 0) is 4.79 Å². The van der Waals surface area contributed by atoms with Gasteiger partial charge >= 0.3 is 6.03 Å². The van der Waals surface area contributed by atoms with Gasteiger partial charge in [0.1, 0.15) is 5.82 Å². The van der Waals surface area contributed by atoms with Crippen molar-refractivity contribution >= 4 is 34.6 Å². The van der Waals surface area contributed by atoms with Crippen molar-refractivity contribution in [1.82, 2.24) is 20.2 Å². The number of urea groups is 1. The van der Waals surface area contributed by atoms with Crippen LogP contribution >= 0.6 is 11.8 Å². The third-order valence-electron chi connectivity index (χ3n) is 3.83. The van der Waals surface area contributed by atoms with Gasteiger partial charge in [0.2, 0.25) is 5.91 Å². The molecule has 0 aliphatic rings. The number of benzene rings is 2. The van der Waals surface area contributed by atoms with Crippen molar-refractivity contribution in [3.05, 3.63) is 64.7 Å². The number of carbonyl (C=O) groups is 2. The van der Waals surface area contributed by atoms with E-state index in [1.807, 2.05) is 0 Å². The van der Waals surface area contributed by atoms with Gasteiger partial charge in [-0.2, -0.15) is 0 Å². The van der Waals surface area contributed by atoms with Crippen LogP contribution in [0.25, 0.3) is 16.6 Å². The molecule has 3 amide bonds. The molecule has 3 rings (SSSR count). The molecule has 0 radical (unpaired) electrons. The number of halogens is 1. The van der Waals surface area contributed by atoms with Gasteiger partial charge in [-0.15, -0.1) is 0 Å². The van der Waals surface area contributed by atoms with Crippen molar-refractivity contribution in [2.75, 3.05) is 5.75 Å². The Balaban J connectivity index is 1.93. The lowest BCUT2D eigenvalue weighted by atomic mass is 10.2. The number of aromatic nitrogens is 2. The minimum atomic E-state index is -0.590. The molecule has 0 aliphatic heterocycles. The zero-order chi connectivity index (χ0) is 21.0. The Labute approximate surface area is 170 Å². The van der Waals surface area contributed by atoms with Crippen LogP contribution in [0.2, 0.25) is 0 Å². The van der Waals surface area contributed by atoms with E-state index in [4.69, 9.17) is 0 Å². The molecule has 0 unspecified atom stereocenters. The first-order valence-electron chi connectivity index (χ1n) is 8.86. The predicted molar refractivity (Wildman–Crippen MR) is 110 cm³/mol. The molecular weight excluding hydrogens is 395 g/mol. The minimum Gasteiger partial charge on any atom is -0.336 e. The van der Waals surface area contributed by atoms with Crippen molar-refractivity contribution in [1.29, 1.82) is 0 Å². The second kappa shape index (κ2) is 8.87. The van der Waals surface area contributed by atoms with Crippen molar-refractivity contribution in [2.45, 2.75) is 25.0 Å². The van der Waals surface area contributed by atoms with Gasteiger partial charge in [0.05, 0.1) is 22.3 Å². The summed E-state index contributed by atoms with van der Waals surface area (Å²) in [5.74, 6) is -1.08. The van der Waals surface area contributed by atoms with E-state index in [9.17, 15) is 18.8 Å². The van der Waals surface area contributed by atoms with Crippen LogP contribution < -0.4 is 16.2 Å². The Morgan fingerprint density at radius 2 is 1.83 bits per heavy atom. The highest BCUT2D eigenvalue weighted by Crippen LogP contribution is 2.21. The smallest absolute Gasteiger partial charge is 0.321 e. The highest BCUT2D eigenvalue weighted by molar-refractivity contribution is 7.99. The number of imide groups is 1. The maximum atomic E-state index is 13.3. The van der Waals surface area contributed by atoms with Crippen LogP contribution in [0.1, 0.15) is 13.8 Å². The first kappa shape index (κ1) is 20.5. The number of para-hydroxylation sites is 1. The van der Waals surface area contributed by atoms with Crippen molar-refractivity contribution in [3.63, 3.8) is 0 Å². The maximum absolute atomic E-state index is 13.3. The van der Waals surface area contributed by atoms with Crippen LogP contribution in [0.15, 0.2) is 58.5 Å². The lowest BCUT2D eigenvalue weighted by molar-refractivity contribution is -0.117. The van der Waals surface area contributed by atoms with Crippen LogP contribution in [0.3, 0.4) is 0 Å². The maximum Gasteiger partial charge on any atom is 0.321 e. The van der Waals surface area contributed by atoms with Gasteiger partial charge in [0.15, 0.2) is 5.16 Å².